The molecule has 0 radical (unpaired) electrons. The van der Waals surface area contributed by atoms with Crippen LogP contribution in [-0.2, 0) is 4.74 Å². The van der Waals surface area contributed by atoms with Crippen molar-refractivity contribution in [1.29, 1.82) is 0 Å². The summed E-state index contributed by atoms with van der Waals surface area (Å²) < 4.78 is 36.3. The number of ether oxygens (including phenoxy) is 1. The van der Waals surface area contributed by atoms with E-state index in [0.29, 0.717) is 0 Å². The van der Waals surface area contributed by atoms with Gasteiger partial charge in [0.1, 0.15) is 0 Å². The number of hydrogen-bond donors (Lipinski definition) is 0. The Morgan fingerprint density at radius 1 is 1.36 bits per heavy atom. The monoisotopic (exact) mass is 170 g/mol. The van der Waals surface area contributed by atoms with Gasteiger partial charge in [0.2, 0.25) is 0 Å². The second-order valence-corrected chi connectivity index (χ2v) is 1.96. The summed E-state index contributed by atoms with van der Waals surface area (Å²) in [5.41, 5.74) is 0. The molecule has 0 unspecified atom stereocenters. The van der Waals surface area contributed by atoms with Crippen LogP contribution in [0.15, 0.2) is 12.3 Å². The van der Waals surface area contributed by atoms with Crippen molar-refractivity contribution in [2.45, 2.75) is 33.6 Å². The molecule has 0 aromatic heterocycles. The number of allylic oxidation sites excluding steroid dienone is 1. The van der Waals surface area contributed by atoms with Crippen LogP contribution in [0.1, 0.15) is 27.2 Å². The first-order chi connectivity index (χ1) is 4.83. The highest BCUT2D eigenvalue weighted by atomic mass is 19.4. The quantitative estimate of drug-likeness (QED) is 0.547. The standard InChI is InChI=1S/C4H5F3O.C3H8/c1-3(2)8-4(5,6)7;1-3-2/h1H2,2H3;3H2,1-2H3. The molecule has 0 fully saturated rings. The summed E-state index contributed by atoms with van der Waals surface area (Å²) in [4.78, 5) is 0. The lowest BCUT2D eigenvalue weighted by Gasteiger charge is -2.05. The summed E-state index contributed by atoms with van der Waals surface area (Å²) >= 11 is 0. The second kappa shape index (κ2) is 6.07. The molecule has 0 aromatic rings. The first-order valence-electron chi connectivity index (χ1n) is 3.24. The van der Waals surface area contributed by atoms with Crippen LogP contribution in [0, 0.1) is 0 Å². The molecular weight excluding hydrogens is 157 g/mol. The Hall–Kier alpha value is -0.670. The normalized spacial score (nSPS) is 9.64. The van der Waals surface area contributed by atoms with Crippen LogP contribution < -0.4 is 0 Å². The molecule has 0 aliphatic heterocycles. The summed E-state index contributed by atoms with van der Waals surface area (Å²) in [6.07, 6.45) is -3.33. The Balaban J connectivity index is 0. The van der Waals surface area contributed by atoms with E-state index in [4.69, 9.17) is 0 Å². The minimum Gasteiger partial charge on any atom is -0.411 e. The summed E-state index contributed by atoms with van der Waals surface area (Å²) in [7, 11) is 0. The molecule has 4 heteroatoms. The van der Waals surface area contributed by atoms with E-state index in [0.717, 1.165) is 6.92 Å². The average Bonchev–Trinajstić information content (AvgIpc) is 1.57. The van der Waals surface area contributed by atoms with Gasteiger partial charge in [0.05, 0.1) is 5.76 Å². The van der Waals surface area contributed by atoms with Crippen molar-refractivity contribution in [2.75, 3.05) is 0 Å². The van der Waals surface area contributed by atoms with Gasteiger partial charge in [-0.05, 0) is 6.92 Å². The van der Waals surface area contributed by atoms with Crippen molar-refractivity contribution < 1.29 is 17.9 Å². The van der Waals surface area contributed by atoms with E-state index in [2.05, 4.69) is 25.2 Å². The van der Waals surface area contributed by atoms with E-state index < -0.39 is 6.36 Å². The van der Waals surface area contributed by atoms with E-state index in [1.165, 1.54) is 6.42 Å². The van der Waals surface area contributed by atoms with Gasteiger partial charge in [-0.1, -0.05) is 26.8 Å². The fourth-order valence-corrected chi connectivity index (χ4v) is 0.198. The van der Waals surface area contributed by atoms with Gasteiger partial charge < -0.3 is 4.74 Å². The molecule has 0 rings (SSSR count). The first kappa shape index (κ1) is 13.0. The SMILES string of the molecule is C=C(C)OC(F)(F)F.CCC. The molecule has 0 aliphatic carbocycles. The van der Waals surface area contributed by atoms with Crippen LogP contribution in [-0.4, -0.2) is 6.36 Å². The molecular formula is C7H13F3O. The van der Waals surface area contributed by atoms with Crippen LogP contribution in [0.25, 0.3) is 0 Å². The number of rotatable bonds is 1. The Morgan fingerprint density at radius 2 is 1.64 bits per heavy atom. The number of hydrogen-bond acceptors (Lipinski definition) is 1. The van der Waals surface area contributed by atoms with Gasteiger partial charge >= 0.3 is 6.36 Å². The van der Waals surface area contributed by atoms with Gasteiger partial charge in [0.25, 0.3) is 0 Å². The van der Waals surface area contributed by atoms with E-state index in [1.54, 1.807) is 0 Å². The second-order valence-electron chi connectivity index (χ2n) is 1.96. The average molecular weight is 170 g/mol. The maximum atomic E-state index is 11.0. The van der Waals surface area contributed by atoms with Gasteiger partial charge in [-0.15, -0.1) is 13.2 Å². The molecule has 0 N–H and O–H groups in total. The zero-order valence-corrected chi connectivity index (χ0v) is 6.96. The Morgan fingerprint density at radius 3 is 1.64 bits per heavy atom. The third-order valence-corrected chi connectivity index (χ3v) is 0.290. The molecule has 0 saturated carbocycles. The highest BCUT2D eigenvalue weighted by Gasteiger charge is 2.30. The first-order valence-corrected chi connectivity index (χ1v) is 3.24. The summed E-state index contributed by atoms with van der Waals surface area (Å²) in [6, 6.07) is 0. The lowest BCUT2D eigenvalue weighted by atomic mass is 10.6. The van der Waals surface area contributed by atoms with Crippen LogP contribution in [0.5, 0.6) is 0 Å². The van der Waals surface area contributed by atoms with E-state index in [1.807, 2.05) is 0 Å². The Kier molecular flexibility index (Phi) is 7.15. The fourth-order valence-electron chi connectivity index (χ4n) is 0.198. The fraction of sp³-hybridized carbons (Fsp3) is 0.714. The highest BCUT2D eigenvalue weighted by Crippen LogP contribution is 2.18. The van der Waals surface area contributed by atoms with Gasteiger partial charge in [-0.2, -0.15) is 0 Å². The van der Waals surface area contributed by atoms with Crippen LogP contribution in [0.2, 0.25) is 0 Å². The maximum absolute atomic E-state index is 11.0. The Labute approximate surface area is 64.9 Å². The molecule has 0 aromatic carbocycles. The van der Waals surface area contributed by atoms with Gasteiger partial charge in [-0.25, -0.2) is 0 Å². The molecule has 0 heterocycles. The molecule has 11 heavy (non-hydrogen) atoms. The minimum atomic E-state index is -4.58. The Bertz CT molecular complexity index is 107. The smallest absolute Gasteiger partial charge is 0.411 e. The van der Waals surface area contributed by atoms with Crippen LogP contribution >= 0.6 is 0 Å². The number of halogens is 3. The third kappa shape index (κ3) is 26.7. The zero-order chi connectivity index (χ0) is 9.49. The van der Waals surface area contributed by atoms with E-state index >= 15 is 0 Å². The summed E-state index contributed by atoms with van der Waals surface area (Å²) in [5, 5.41) is 0. The third-order valence-electron chi connectivity index (χ3n) is 0.290. The minimum absolute atomic E-state index is 0.350. The topological polar surface area (TPSA) is 9.23 Å². The van der Waals surface area contributed by atoms with Crippen molar-refractivity contribution in [3.63, 3.8) is 0 Å². The molecule has 0 aliphatic rings. The van der Waals surface area contributed by atoms with Gasteiger partial charge in [0.15, 0.2) is 0 Å². The van der Waals surface area contributed by atoms with Crippen molar-refractivity contribution >= 4 is 0 Å². The van der Waals surface area contributed by atoms with Crippen molar-refractivity contribution in [3.8, 4) is 0 Å². The van der Waals surface area contributed by atoms with Crippen molar-refractivity contribution in [1.82, 2.24) is 0 Å². The predicted octanol–water partition coefficient (Wildman–Crippen LogP) is 3.47. The van der Waals surface area contributed by atoms with Gasteiger partial charge in [0, 0.05) is 0 Å². The molecule has 0 amide bonds. The molecule has 68 valence electrons. The summed E-state index contributed by atoms with van der Waals surface area (Å²) in [6.45, 7) is 8.28. The predicted molar refractivity (Wildman–Crippen MR) is 37.9 cm³/mol. The largest absolute Gasteiger partial charge is 0.572 e. The highest BCUT2D eigenvalue weighted by molar-refractivity contribution is 4.73. The molecule has 0 atom stereocenters. The molecule has 0 spiro atoms. The zero-order valence-electron chi connectivity index (χ0n) is 6.96. The van der Waals surface area contributed by atoms with Crippen LogP contribution in [0.4, 0.5) is 13.2 Å². The number of alkyl halides is 3. The van der Waals surface area contributed by atoms with Gasteiger partial charge in [-0.3, -0.25) is 0 Å². The van der Waals surface area contributed by atoms with Crippen molar-refractivity contribution in [2.24, 2.45) is 0 Å². The van der Waals surface area contributed by atoms with E-state index in [9.17, 15) is 13.2 Å². The molecule has 0 bridgehead atoms. The van der Waals surface area contributed by atoms with E-state index in [-0.39, 0.29) is 5.76 Å². The van der Waals surface area contributed by atoms with Crippen molar-refractivity contribution in [3.05, 3.63) is 12.3 Å². The lowest BCUT2D eigenvalue weighted by molar-refractivity contribution is -0.304. The maximum Gasteiger partial charge on any atom is 0.572 e. The summed E-state index contributed by atoms with van der Waals surface area (Å²) in [5.74, 6) is -0.350. The van der Waals surface area contributed by atoms with Crippen LogP contribution in [0.3, 0.4) is 0 Å². The molecule has 1 nitrogen and oxygen atoms in total. The lowest BCUT2D eigenvalue weighted by Crippen LogP contribution is -2.10. The molecule has 0 saturated heterocycles.